The normalized spacial score (nSPS) is 13.9. The van der Waals surface area contributed by atoms with E-state index >= 15 is 0 Å². The summed E-state index contributed by atoms with van der Waals surface area (Å²) < 4.78 is 1.06. The summed E-state index contributed by atoms with van der Waals surface area (Å²) in [6.07, 6.45) is 1.77. The van der Waals surface area contributed by atoms with Crippen LogP contribution in [0, 0.1) is 11.3 Å². The van der Waals surface area contributed by atoms with Gasteiger partial charge in [-0.1, -0.05) is 24.3 Å². The third kappa shape index (κ3) is 3.24. The SMILES string of the molecule is N#Cc1ccccc1-c1ccc2c(c1)C(=Cc1cc(Br)c(O)c(Br)c1)C(=O)N2. The third-order valence-electron chi connectivity index (χ3n) is 4.51. The monoisotopic (exact) mass is 494 g/mol. The van der Waals surface area contributed by atoms with E-state index in [1.54, 1.807) is 24.3 Å². The predicted octanol–water partition coefficient (Wildman–Crippen LogP) is 5.95. The van der Waals surface area contributed by atoms with E-state index in [0.717, 1.165) is 27.9 Å². The van der Waals surface area contributed by atoms with Gasteiger partial charge in [-0.05, 0) is 85.0 Å². The van der Waals surface area contributed by atoms with Crippen LogP contribution in [0.4, 0.5) is 5.69 Å². The highest BCUT2D eigenvalue weighted by Gasteiger charge is 2.25. The molecule has 136 valence electrons. The van der Waals surface area contributed by atoms with Gasteiger partial charge in [0.1, 0.15) is 5.75 Å². The first-order valence-electron chi connectivity index (χ1n) is 8.33. The molecule has 2 N–H and O–H groups in total. The summed E-state index contributed by atoms with van der Waals surface area (Å²) >= 11 is 6.62. The Morgan fingerprint density at radius 1 is 1.00 bits per heavy atom. The van der Waals surface area contributed by atoms with Crippen molar-refractivity contribution in [2.75, 3.05) is 5.32 Å². The number of amides is 1. The highest BCUT2D eigenvalue weighted by Crippen LogP contribution is 2.39. The lowest BCUT2D eigenvalue weighted by molar-refractivity contribution is -0.110. The number of carbonyl (C=O) groups is 1. The number of hydrogen-bond donors (Lipinski definition) is 2. The first-order valence-corrected chi connectivity index (χ1v) is 9.91. The van der Waals surface area contributed by atoms with E-state index in [2.05, 4.69) is 43.2 Å². The molecule has 0 fully saturated rings. The van der Waals surface area contributed by atoms with Crippen LogP contribution in [0.1, 0.15) is 16.7 Å². The Labute approximate surface area is 178 Å². The number of phenolic OH excluding ortho intramolecular Hbond substituents is 1. The van der Waals surface area contributed by atoms with Crippen LogP contribution < -0.4 is 5.32 Å². The molecule has 0 saturated heterocycles. The summed E-state index contributed by atoms with van der Waals surface area (Å²) in [7, 11) is 0. The number of nitriles is 1. The number of carbonyl (C=O) groups excluding carboxylic acids is 1. The quantitative estimate of drug-likeness (QED) is 0.431. The Hall–Kier alpha value is -2.88. The Kier molecular flexibility index (Phi) is 4.80. The Bertz CT molecular complexity index is 1190. The molecule has 1 aliphatic rings. The minimum absolute atomic E-state index is 0.105. The molecule has 0 spiro atoms. The van der Waals surface area contributed by atoms with Crippen LogP contribution in [0.25, 0.3) is 22.8 Å². The second kappa shape index (κ2) is 7.27. The van der Waals surface area contributed by atoms with Crippen molar-refractivity contribution in [2.24, 2.45) is 0 Å². The van der Waals surface area contributed by atoms with Gasteiger partial charge in [0, 0.05) is 16.8 Å². The maximum Gasteiger partial charge on any atom is 0.256 e. The molecule has 0 radical (unpaired) electrons. The first-order chi connectivity index (χ1) is 13.5. The molecule has 0 aromatic heterocycles. The molecule has 0 atom stereocenters. The van der Waals surface area contributed by atoms with Gasteiger partial charge < -0.3 is 10.4 Å². The van der Waals surface area contributed by atoms with E-state index in [0.29, 0.717) is 20.1 Å². The smallest absolute Gasteiger partial charge is 0.256 e. The molecule has 1 heterocycles. The molecular formula is C22H12Br2N2O2. The molecule has 1 amide bonds. The van der Waals surface area contributed by atoms with Crippen LogP contribution in [0.3, 0.4) is 0 Å². The van der Waals surface area contributed by atoms with Crippen molar-refractivity contribution in [1.82, 2.24) is 0 Å². The average Bonchev–Trinajstić information content (AvgIpc) is 3.00. The van der Waals surface area contributed by atoms with E-state index in [-0.39, 0.29) is 11.7 Å². The van der Waals surface area contributed by atoms with Gasteiger partial charge in [-0.25, -0.2) is 0 Å². The van der Waals surface area contributed by atoms with Gasteiger partial charge >= 0.3 is 0 Å². The summed E-state index contributed by atoms with van der Waals surface area (Å²) in [5.74, 6) is -0.0881. The number of nitrogens with one attached hydrogen (secondary N) is 1. The van der Waals surface area contributed by atoms with Crippen LogP contribution >= 0.6 is 31.9 Å². The highest BCUT2D eigenvalue weighted by atomic mass is 79.9. The van der Waals surface area contributed by atoms with Crippen molar-refractivity contribution in [3.05, 3.63) is 80.2 Å². The van der Waals surface area contributed by atoms with E-state index in [9.17, 15) is 15.2 Å². The largest absolute Gasteiger partial charge is 0.506 e. The number of hydrogen-bond acceptors (Lipinski definition) is 3. The van der Waals surface area contributed by atoms with E-state index in [1.165, 1.54) is 0 Å². The van der Waals surface area contributed by atoms with Gasteiger partial charge in [0.2, 0.25) is 0 Å². The fourth-order valence-corrected chi connectivity index (χ4v) is 4.39. The summed E-state index contributed by atoms with van der Waals surface area (Å²) in [6.45, 7) is 0. The molecular weight excluding hydrogens is 484 g/mol. The second-order valence-corrected chi connectivity index (χ2v) is 7.97. The van der Waals surface area contributed by atoms with Crippen molar-refractivity contribution in [2.45, 2.75) is 0 Å². The summed E-state index contributed by atoms with van der Waals surface area (Å²) in [5.41, 5.74) is 5.06. The van der Waals surface area contributed by atoms with Crippen LogP contribution in [-0.2, 0) is 4.79 Å². The average molecular weight is 496 g/mol. The minimum atomic E-state index is -0.193. The zero-order valence-corrected chi connectivity index (χ0v) is 17.5. The van der Waals surface area contributed by atoms with Crippen molar-refractivity contribution >= 4 is 55.1 Å². The van der Waals surface area contributed by atoms with Gasteiger partial charge in [-0.2, -0.15) is 5.26 Å². The number of fused-ring (bicyclic) bond motifs is 1. The van der Waals surface area contributed by atoms with Gasteiger partial charge in [-0.15, -0.1) is 0 Å². The van der Waals surface area contributed by atoms with E-state index in [4.69, 9.17) is 0 Å². The molecule has 3 aromatic rings. The van der Waals surface area contributed by atoms with Gasteiger partial charge in [0.05, 0.1) is 20.6 Å². The Morgan fingerprint density at radius 2 is 1.71 bits per heavy atom. The number of halogens is 2. The predicted molar refractivity (Wildman–Crippen MR) is 117 cm³/mol. The fraction of sp³-hybridized carbons (Fsp3) is 0. The first kappa shape index (κ1) is 18.5. The number of phenols is 1. The molecule has 28 heavy (non-hydrogen) atoms. The molecule has 4 nitrogen and oxygen atoms in total. The minimum Gasteiger partial charge on any atom is -0.506 e. The van der Waals surface area contributed by atoms with Gasteiger partial charge in [0.15, 0.2) is 0 Å². The fourth-order valence-electron chi connectivity index (χ4n) is 3.17. The molecule has 0 aliphatic carbocycles. The summed E-state index contributed by atoms with van der Waals surface area (Å²) in [4.78, 5) is 12.5. The number of benzene rings is 3. The topological polar surface area (TPSA) is 73.1 Å². The molecule has 3 aromatic carbocycles. The number of anilines is 1. The third-order valence-corrected chi connectivity index (χ3v) is 5.72. The molecule has 6 heteroatoms. The lowest BCUT2D eigenvalue weighted by atomic mass is 9.96. The van der Waals surface area contributed by atoms with Crippen molar-refractivity contribution in [1.29, 1.82) is 5.26 Å². The standard InChI is InChI=1S/C22H12Br2N2O2/c23-18-8-12(9-19(24)21(18)27)7-17-16-10-13(5-6-20(16)26-22(17)28)15-4-2-1-3-14(15)11-25/h1-10,27H,(H,26,28). The lowest BCUT2D eigenvalue weighted by Crippen LogP contribution is -2.03. The number of aromatic hydroxyl groups is 1. The molecule has 0 bridgehead atoms. The molecule has 1 aliphatic heterocycles. The molecule has 0 unspecified atom stereocenters. The summed E-state index contributed by atoms with van der Waals surface area (Å²) in [6, 6.07) is 18.7. The highest BCUT2D eigenvalue weighted by molar-refractivity contribution is 9.11. The van der Waals surface area contributed by atoms with Gasteiger partial charge in [-0.3, -0.25) is 4.79 Å². The second-order valence-electron chi connectivity index (χ2n) is 6.26. The Morgan fingerprint density at radius 3 is 2.43 bits per heavy atom. The van der Waals surface area contributed by atoms with Crippen molar-refractivity contribution in [3.8, 4) is 22.9 Å². The van der Waals surface area contributed by atoms with Crippen LogP contribution in [-0.4, -0.2) is 11.0 Å². The van der Waals surface area contributed by atoms with Crippen LogP contribution in [0.15, 0.2) is 63.5 Å². The molecule has 4 rings (SSSR count). The molecule has 0 saturated carbocycles. The van der Waals surface area contributed by atoms with Crippen molar-refractivity contribution in [3.63, 3.8) is 0 Å². The van der Waals surface area contributed by atoms with Crippen molar-refractivity contribution < 1.29 is 9.90 Å². The van der Waals surface area contributed by atoms with Crippen LogP contribution in [0.2, 0.25) is 0 Å². The maximum atomic E-state index is 12.5. The van der Waals surface area contributed by atoms with Gasteiger partial charge in [0.25, 0.3) is 5.91 Å². The van der Waals surface area contributed by atoms with E-state index < -0.39 is 0 Å². The number of rotatable bonds is 2. The maximum absolute atomic E-state index is 12.5. The number of nitrogens with zero attached hydrogens (tertiary/aromatic N) is 1. The zero-order chi connectivity index (χ0) is 19.8. The lowest BCUT2D eigenvalue weighted by Gasteiger charge is -2.07. The zero-order valence-electron chi connectivity index (χ0n) is 14.3. The Balaban J connectivity index is 1.84. The summed E-state index contributed by atoms with van der Waals surface area (Å²) in [5, 5.41) is 22.1. The van der Waals surface area contributed by atoms with Crippen LogP contribution in [0.5, 0.6) is 5.75 Å². The van der Waals surface area contributed by atoms with E-state index in [1.807, 2.05) is 36.4 Å².